The molecule has 0 fully saturated rings. The number of fused-ring (bicyclic) bond motifs is 1. The number of rotatable bonds is 1. The van der Waals surface area contributed by atoms with Crippen LogP contribution in [0.15, 0.2) is 22.4 Å². The quantitative estimate of drug-likeness (QED) is 0.460. The van der Waals surface area contributed by atoms with Crippen molar-refractivity contribution in [3.63, 3.8) is 0 Å². The van der Waals surface area contributed by atoms with Crippen molar-refractivity contribution >= 4 is 78.4 Å². The van der Waals surface area contributed by atoms with Gasteiger partial charge in [-0.25, -0.2) is 0 Å². The Kier molecular flexibility index (Phi) is 3.43. The maximum atomic E-state index is 2.40. The van der Waals surface area contributed by atoms with Crippen LogP contribution in [-0.2, 0) is 0 Å². The average Bonchev–Trinajstić information content (AvgIpc) is 2.56. The Balaban J connectivity index is 2.80. The molecule has 0 saturated heterocycles. The van der Waals surface area contributed by atoms with Gasteiger partial charge in [-0.3, -0.25) is 0 Å². The van der Waals surface area contributed by atoms with Gasteiger partial charge in [0.1, 0.15) is 0 Å². The minimum Gasteiger partial charge on any atom is -0.128 e. The third kappa shape index (κ3) is 2.00. The van der Waals surface area contributed by atoms with Crippen LogP contribution in [0.2, 0.25) is 0 Å². The molecule has 0 N–H and O–H groups in total. The third-order valence-corrected chi connectivity index (χ3v) is 6.20. The first-order valence-electron chi connectivity index (χ1n) is 3.64. The summed E-state index contributed by atoms with van der Waals surface area (Å²) in [6.45, 7) is 0. The molecule has 0 radical (unpaired) electrons. The zero-order valence-corrected chi connectivity index (χ0v) is 12.8. The van der Waals surface area contributed by atoms with Crippen molar-refractivity contribution in [3.8, 4) is 0 Å². The Bertz CT molecular complexity index is 409. The van der Waals surface area contributed by atoms with Gasteiger partial charge in [-0.15, -0.1) is 23.1 Å². The Morgan fingerprint density at radius 3 is 2.54 bits per heavy atom. The number of benzene rings is 1. The second-order valence-corrected chi connectivity index (χ2v) is 7.02. The van der Waals surface area contributed by atoms with Gasteiger partial charge < -0.3 is 0 Å². The van der Waals surface area contributed by atoms with Gasteiger partial charge in [-0.2, -0.15) is 0 Å². The molecule has 2 aromatic rings. The zero-order chi connectivity index (χ0) is 9.42. The van der Waals surface area contributed by atoms with Crippen molar-refractivity contribution in [1.82, 2.24) is 0 Å². The smallest absolute Gasteiger partial charge is 0.0609 e. The summed E-state index contributed by atoms with van der Waals surface area (Å²) >= 11 is 8.51. The fraction of sp³-hybridized carbons (Fsp3) is 0.111. The maximum Gasteiger partial charge on any atom is 0.0609 e. The minimum absolute atomic E-state index is 1.35. The number of hydrogen-bond donors (Lipinski definition) is 0. The molecule has 0 unspecified atom stereocenters. The Morgan fingerprint density at radius 2 is 1.92 bits per heavy atom. The summed E-state index contributed by atoms with van der Waals surface area (Å²) in [6.07, 6.45) is 2.13. The van der Waals surface area contributed by atoms with E-state index in [1.54, 1.807) is 0 Å². The molecule has 0 saturated carbocycles. The van der Waals surface area contributed by atoms with E-state index in [1.807, 2.05) is 23.1 Å². The summed E-state index contributed by atoms with van der Waals surface area (Å²) in [5, 5.41) is 1.40. The number of halogens is 2. The number of thiophene rings is 1. The van der Waals surface area contributed by atoms with Crippen LogP contribution in [0.3, 0.4) is 0 Å². The van der Waals surface area contributed by atoms with Gasteiger partial charge in [0, 0.05) is 17.2 Å². The molecule has 1 aromatic heterocycles. The van der Waals surface area contributed by atoms with E-state index in [4.69, 9.17) is 0 Å². The fourth-order valence-corrected chi connectivity index (χ4v) is 4.37. The molecule has 0 nitrogen and oxygen atoms in total. The number of thioether (sulfide) groups is 1. The van der Waals surface area contributed by atoms with E-state index in [0.29, 0.717) is 0 Å². The van der Waals surface area contributed by atoms with Gasteiger partial charge in [-0.05, 0) is 69.6 Å². The van der Waals surface area contributed by atoms with Crippen LogP contribution in [0.25, 0.3) is 10.1 Å². The molecular weight excluding hydrogens is 426 g/mol. The molecule has 0 aliphatic rings. The zero-order valence-electron chi connectivity index (χ0n) is 6.80. The van der Waals surface area contributed by atoms with Gasteiger partial charge in [0.25, 0.3) is 0 Å². The van der Waals surface area contributed by atoms with E-state index in [0.717, 1.165) is 0 Å². The molecule has 0 spiro atoms. The normalized spacial score (nSPS) is 11.0. The topological polar surface area (TPSA) is 0 Å². The highest BCUT2D eigenvalue weighted by Gasteiger charge is 2.06. The third-order valence-electron chi connectivity index (χ3n) is 1.76. The summed E-state index contributed by atoms with van der Waals surface area (Å²) in [5.41, 5.74) is 0. The van der Waals surface area contributed by atoms with E-state index in [-0.39, 0.29) is 0 Å². The molecule has 4 heteroatoms. The molecule has 68 valence electrons. The first-order valence-corrected chi connectivity index (χ1v) is 7.84. The van der Waals surface area contributed by atoms with Gasteiger partial charge in [0.15, 0.2) is 0 Å². The van der Waals surface area contributed by atoms with E-state index < -0.39 is 0 Å². The van der Waals surface area contributed by atoms with Crippen molar-refractivity contribution < 1.29 is 0 Å². The molecule has 0 atom stereocenters. The highest BCUT2D eigenvalue weighted by atomic mass is 127. The summed E-state index contributed by atoms with van der Waals surface area (Å²) in [6, 6.07) is 6.65. The second-order valence-electron chi connectivity index (χ2n) is 2.54. The average molecular weight is 432 g/mol. The second kappa shape index (κ2) is 4.24. The molecular formula is C9H6I2S2. The van der Waals surface area contributed by atoms with Gasteiger partial charge in [-0.1, -0.05) is 0 Å². The Labute approximate surface area is 113 Å². The van der Waals surface area contributed by atoms with Crippen molar-refractivity contribution in [2.75, 3.05) is 6.26 Å². The Hall–Kier alpha value is 0.990. The van der Waals surface area contributed by atoms with Crippen LogP contribution >= 0.6 is 68.3 Å². The van der Waals surface area contributed by atoms with Crippen LogP contribution in [-0.4, -0.2) is 6.26 Å². The number of hydrogen-bond acceptors (Lipinski definition) is 2. The molecule has 0 aliphatic carbocycles. The van der Waals surface area contributed by atoms with Crippen LogP contribution in [0.5, 0.6) is 0 Å². The predicted octanol–water partition coefficient (Wildman–Crippen LogP) is 4.83. The maximum absolute atomic E-state index is 2.40. The van der Waals surface area contributed by atoms with E-state index in [1.165, 1.54) is 21.4 Å². The highest BCUT2D eigenvalue weighted by Crippen LogP contribution is 2.36. The molecule has 1 heterocycles. The van der Waals surface area contributed by atoms with Gasteiger partial charge >= 0.3 is 0 Å². The van der Waals surface area contributed by atoms with E-state index >= 15 is 0 Å². The van der Waals surface area contributed by atoms with Crippen molar-refractivity contribution in [3.05, 3.63) is 25.3 Å². The largest absolute Gasteiger partial charge is 0.128 e. The lowest BCUT2D eigenvalue weighted by molar-refractivity contribution is 1.70. The summed E-state index contributed by atoms with van der Waals surface area (Å²) in [7, 11) is 0. The van der Waals surface area contributed by atoms with E-state index in [9.17, 15) is 0 Å². The molecule has 1 aromatic carbocycles. The fourth-order valence-electron chi connectivity index (χ4n) is 1.14. The minimum atomic E-state index is 1.35. The summed E-state index contributed by atoms with van der Waals surface area (Å²) in [4.78, 5) is 0. The lowest BCUT2D eigenvalue weighted by atomic mass is 10.3. The monoisotopic (exact) mass is 432 g/mol. The summed E-state index contributed by atoms with van der Waals surface area (Å²) in [5.74, 6) is 0. The lowest BCUT2D eigenvalue weighted by Gasteiger charge is -1.95. The van der Waals surface area contributed by atoms with Crippen LogP contribution < -0.4 is 0 Å². The first kappa shape index (κ1) is 10.5. The van der Waals surface area contributed by atoms with Crippen molar-refractivity contribution in [2.45, 2.75) is 4.21 Å². The highest BCUT2D eigenvalue weighted by molar-refractivity contribution is 14.1. The lowest BCUT2D eigenvalue weighted by Crippen LogP contribution is -1.74. The van der Waals surface area contributed by atoms with Crippen LogP contribution in [0.4, 0.5) is 0 Å². The van der Waals surface area contributed by atoms with Crippen molar-refractivity contribution in [1.29, 1.82) is 0 Å². The molecule has 13 heavy (non-hydrogen) atoms. The van der Waals surface area contributed by atoms with Gasteiger partial charge in [0.05, 0.1) is 4.21 Å². The van der Waals surface area contributed by atoms with E-state index in [2.05, 4.69) is 69.6 Å². The molecule has 2 rings (SSSR count). The molecule has 0 bridgehead atoms. The first-order chi connectivity index (χ1) is 6.22. The predicted molar refractivity (Wildman–Crippen MR) is 79.0 cm³/mol. The summed E-state index contributed by atoms with van der Waals surface area (Å²) < 4.78 is 5.54. The van der Waals surface area contributed by atoms with Gasteiger partial charge in [0.2, 0.25) is 0 Å². The SMILES string of the molecule is CSc1cc2c(I)ccc(I)c2s1. The Morgan fingerprint density at radius 1 is 1.23 bits per heavy atom. The molecule has 0 amide bonds. The van der Waals surface area contributed by atoms with Crippen LogP contribution in [0.1, 0.15) is 0 Å². The van der Waals surface area contributed by atoms with Crippen LogP contribution in [0, 0.1) is 7.14 Å². The standard InChI is InChI=1S/C9H6I2S2/c1-12-8-4-5-6(10)2-3-7(11)9(5)13-8/h2-4H,1H3. The molecule has 0 aliphatic heterocycles. The van der Waals surface area contributed by atoms with Crippen molar-refractivity contribution in [2.24, 2.45) is 0 Å².